The van der Waals surface area contributed by atoms with E-state index in [9.17, 15) is 0 Å². The quantitative estimate of drug-likeness (QED) is 0.649. The molecular formula is C8H14N4O. The molecule has 3 N–H and O–H groups in total. The molecule has 0 aliphatic rings. The maximum Gasteiger partial charge on any atom is 0.148 e. The van der Waals surface area contributed by atoms with Crippen LogP contribution < -0.4 is 11.1 Å². The number of nitrogen functional groups attached to an aromatic ring is 1. The van der Waals surface area contributed by atoms with E-state index in [1.807, 2.05) is 0 Å². The molecular weight excluding hydrogens is 168 g/mol. The van der Waals surface area contributed by atoms with Crippen molar-refractivity contribution in [2.45, 2.75) is 6.42 Å². The topological polar surface area (TPSA) is 73.1 Å². The average molecular weight is 182 g/mol. The van der Waals surface area contributed by atoms with Gasteiger partial charge < -0.3 is 15.8 Å². The fourth-order valence-corrected chi connectivity index (χ4v) is 0.870. The lowest BCUT2D eigenvalue weighted by molar-refractivity contribution is 0.197. The molecule has 0 aliphatic carbocycles. The molecule has 72 valence electrons. The highest BCUT2D eigenvalue weighted by Gasteiger charge is 1.93. The van der Waals surface area contributed by atoms with Gasteiger partial charge in [-0.25, -0.2) is 0 Å². The van der Waals surface area contributed by atoms with Crippen LogP contribution in [0.25, 0.3) is 0 Å². The van der Waals surface area contributed by atoms with Crippen LogP contribution >= 0.6 is 0 Å². The Hall–Kier alpha value is -1.36. The van der Waals surface area contributed by atoms with E-state index in [0.29, 0.717) is 5.82 Å². The standard InChI is InChI=1S/C8H14N4O/c1-13-6-2-5-10-8-4-3-7(9)11-12-8/h3-4H,2,5-6H2,1H3,(H2,9,11)(H,10,12). The van der Waals surface area contributed by atoms with Crippen LogP contribution in [0.4, 0.5) is 11.6 Å². The summed E-state index contributed by atoms with van der Waals surface area (Å²) in [4.78, 5) is 0. The number of hydrogen-bond donors (Lipinski definition) is 2. The zero-order chi connectivity index (χ0) is 9.52. The van der Waals surface area contributed by atoms with E-state index in [1.54, 1.807) is 19.2 Å². The van der Waals surface area contributed by atoms with Crippen LogP contribution in [0, 0.1) is 0 Å². The SMILES string of the molecule is COCCCNc1ccc(N)nn1. The van der Waals surface area contributed by atoms with E-state index in [0.717, 1.165) is 25.4 Å². The highest BCUT2D eigenvalue weighted by molar-refractivity contribution is 5.38. The summed E-state index contributed by atoms with van der Waals surface area (Å²) in [6.45, 7) is 1.57. The Morgan fingerprint density at radius 2 is 2.31 bits per heavy atom. The van der Waals surface area contributed by atoms with Crippen molar-refractivity contribution in [3.63, 3.8) is 0 Å². The van der Waals surface area contributed by atoms with E-state index >= 15 is 0 Å². The van der Waals surface area contributed by atoms with Crippen molar-refractivity contribution < 1.29 is 4.74 Å². The summed E-state index contributed by atoms with van der Waals surface area (Å²) in [5, 5.41) is 10.7. The van der Waals surface area contributed by atoms with Crippen molar-refractivity contribution in [2.24, 2.45) is 0 Å². The molecule has 0 saturated carbocycles. The minimum atomic E-state index is 0.433. The van der Waals surface area contributed by atoms with Gasteiger partial charge in [0.15, 0.2) is 0 Å². The van der Waals surface area contributed by atoms with Gasteiger partial charge in [-0.2, -0.15) is 0 Å². The Bertz CT molecular complexity index is 236. The Morgan fingerprint density at radius 1 is 1.46 bits per heavy atom. The molecule has 5 nitrogen and oxygen atoms in total. The second kappa shape index (κ2) is 5.31. The largest absolute Gasteiger partial charge is 0.385 e. The third-order valence-electron chi connectivity index (χ3n) is 1.52. The molecule has 0 aromatic carbocycles. The Balaban J connectivity index is 2.25. The molecule has 5 heteroatoms. The number of ether oxygens (including phenoxy) is 1. The van der Waals surface area contributed by atoms with Gasteiger partial charge in [0.25, 0.3) is 0 Å². The highest BCUT2D eigenvalue weighted by Crippen LogP contribution is 2.01. The summed E-state index contributed by atoms with van der Waals surface area (Å²) in [5.74, 6) is 1.17. The van der Waals surface area contributed by atoms with E-state index in [4.69, 9.17) is 10.5 Å². The molecule has 0 fully saturated rings. The molecule has 0 spiro atoms. The first-order valence-electron chi connectivity index (χ1n) is 4.15. The molecule has 0 saturated heterocycles. The smallest absolute Gasteiger partial charge is 0.148 e. The summed E-state index contributed by atoms with van der Waals surface area (Å²) in [6, 6.07) is 3.51. The van der Waals surface area contributed by atoms with Gasteiger partial charge in [0.1, 0.15) is 11.6 Å². The monoisotopic (exact) mass is 182 g/mol. The summed E-state index contributed by atoms with van der Waals surface area (Å²) < 4.78 is 4.90. The van der Waals surface area contributed by atoms with Crippen LogP contribution in [0.1, 0.15) is 6.42 Å². The Morgan fingerprint density at radius 3 is 2.92 bits per heavy atom. The van der Waals surface area contributed by atoms with Crippen molar-refractivity contribution in [3.05, 3.63) is 12.1 Å². The van der Waals surface area contributed by atoms with Gasteiger partial charge >= 0.3 is 0 Å². The van der Waals surface area contributed by atoms with Gasteiger partial charge in [0.05, 0.1) is 0 Å². The van der Waals surface area contributed by atoms with Crippen molar-refractivity contribution in [3.8, 4) is 0 Å². The van der Waals surface area contributed by atoms with Gasteiger partial charge in [0.2, 0.25) is 0 Å². The highest BCUT2D eigenvalue weighted by atomic mass is 16.5. The van der Waals surface area contributed by atoms with Crippen LogP contribution in [-0.2, 0) is 4.74 Å². The van der Waals surface area contributed by atoms with Crippen LogP contribution in [0.5, 0.6) is 0 Å². The van der Waals surface area contributed by atoms with Crippen molar-refractivity contribution in [1.82, 2.24) is 10.2 Å². The van der Waals surface area contributed by atoms with Crippen LogP contribution in [0.2, 0.25) is 0 Å². The first-order chi connectivity index (χ1) is 6.33. The number of nitrogens with zero attached hydrogens (tertiary/aromatic N) is 2. The van der Waals surface area contributed by atoms with E-state index in [-0.39, 0.29) is 0 Å². The molecule has 1 aromatic heterocycles. The summed E-state index contributed by atoms with van der Waals surface area (Å²) >= 11 is 0. The van der Waals surface area contributed by atoms with Crippen LogP contribution in [0.3, 0.4) is 0 Å². The second-order valence-electron chi connectivity index (χ2n) is 2.62. The number of rotatable bonds is 5. The molecule has 13 heavy (non-hydrogen) atoms. The number of nitrogens with one attached hydrogen (secondary N) is 1. The summed E-state index contributed by atoms with van der Waals surface area (Å²) in [5.41, 5.74) is 5.38. The van der Waals surface area contributed by atoms with Crippen molar-refractivity contribution in [1.29, 1.82) is 0 Å². The molecule has 1 heterocycles. The zero-order valence-electron chi connectivity index (χ0n) is 7.66. The maximum atomic E-state index is 5.38. The molecule has 0 aliphatic heterocycles. The van der Waals surface area contributed by atoms with Crippen molar-refractivity contribution >= 4 is 11.6 Å². The molecule has 0 bridgehead atoms. The number of methoxy groups -OCH3 is 1. The third-order valence-corrected chi connectivity index (χ3v) is 1.52. The Labute approximate surface area is 77.3 Å². The molecule has 0 radical (unpaired) electrons. The van der Waals surface area contributed by atoms with Gasteiger partial charge in [-0.05, 0) is 18.6 Å². The zero-order valence-corrected chi connectivity index (χ0v) is 7.66. The Kier molecular flexibility index (Phi) is 3.98. The lowest BCUT2D eigenvalue weighted by atomic mass is 10.4. The molecule has 1 rings (SSSR count). The number of anilines is 2. The lowest BCUT2D eigenvalue weighted by Gasteiger charge is -2.03. The van der Waals surface area contributed by atoms with Crippen LogP contribution in [-0.4, -0.2) is 30.5 Å². The van der Waals surface area contributed by atoms with Gasteiger partial charge in [0, 0.05) is 20.3 Å². The second-order valence-corrected chi connectivity index (χ2v) is 2.62. The van der Waals surface area contributed by atoms with Crippen molar-refractivity contribution in [2.75, 3.05) is 31.3 Å². The van der Waals surface area contributed by atoms with E-state index in [2.05, 4.69) is 15.5 Å². The third kappa shape index (κ3) is 3.71. The fourth-order valence-electron chi connectivity index (χ4n) is 0.870. The maximum absolute atomic E-state index is 5.38. The summed E-state index contributed by atoms with van der Waals surface area (Å²) in [7, 11) is 1.68. The lowest BCUT2D eigenvalue weighted by Crippen LogP contribution is -2.06. The van der Waals surface area contributed by atoms with Crippen LogP contribution in [0.15, 0.2) is 12.1 Å². The minimum Gasteiger partial charge on any atom is -0.385 e. The fraction of sp³-hybridized carbons (Fsp3) is 0.500. The predicted molar refractivity (Wildman–Crippen MR) is 51.4 cm³/mol. The van der Waals surface area contributed by atoms with Gasteiger partial charge in [-0.15, -0.1) is 10.2 Å². The normalized spacial score (nSPS) is 9.92. The molecule has 1 aromatic rings. The minimum absolute atomic E-state index is 0.433. The van der Waals surface area contributed by atoms with E-state index < -0.39 is 0 Å². The van der Waals surface area contributed by atoms with Gasteiger partial charge in [-0.1, -0.05) is 0 Å². The van der Waals surface area contributed by atoms with Gasteiger partial charge in [-0.3, -0.25) is 0 Å². The number of nitrogens with two attached hydrogens (primary N) is 1. The van der Waals surface area contributed by atoms with E-state index in [1.165, 1.54) is 0 Å². The first-order valence-corrected chi connectivity index (χ1v) is 4.15. The first kappa shape index (κ1) is 9.73. The molecule has 0 amide bonds. The number of aromatic nitrogens is 2. The predicted octanol–water partition coefficient (Wildman–Crippen LogP) is 0.507. The summed E-state index contributed by atoms with van der Waals surface area (Å²) in [6.07, 6.45) is 0.947. The molecule has 0 atom stereocenters. The average Bonchev–Trinajstić information content (AvgIpc) is 2.15. The number of hydrogen-bond acceptors (Lipinski definition) is 5. The molecule has 0 unspecified atom stereocenters.